The van der Waals surface area contributed by atoms with Gasteiger partial charge in [-0.2, -0.15) is 0 Å². The van der Waals surface area contributed by atoms with Gasteiger partial charge in [-0.3, -0.25) is 0 Å². The fraction of sp³-hybridized carbons (Fsp3) is 0.385. The zero-order valence-electron chi connectivity index (χ0n) is 9.26. The van der Waals surface area contributed by atoms with Crippen molar-refractivity contribution < 1.29 is 0 Å². The molecule has 0 bridgehead atoms. The first-order valence-electron chi connectivity index (χ1n) is 5.51. The number of hydrogen-bond acceptors (Lipinski definition) is 1. The largest absolute Gasteiger partial charge is 0.310 e. The highest BCUT2D eigenvalue weighted by molar-refractivity contribution is 6.42. The molecule has 1 aromatic rings. The molecule has 0 atom stereocenters. The first-order valence-corrected chi connectivity index (χ1v) is 6.26. The monoisotopic (exact) mass is 255 g/mol. The quantitative estimate of drug-likeness (QED) is 0.853. The highest BCUT2D eigenvalue weighted by Crippen LogP contribution is 2.24. The summed E-state index contributed by atoms with van der Waals surface area (Å²) >= 11 is 11.8. The molecule has 86 valence electrons. The van der Waals surface area contributed by atoms with Gasteiger partial charge < -0.3 is 5.32 Å². The van der Waals surface area contributed by atoms with Gasteiger partial charge in [-0.25, -0.2) is 0 Å². The second-order valence-corrected chi connectivity index (χ2v) is 5.13. The minimum atomic E-state index is 0.604. The van der Waals surface area contributed by atoms with Crippen molar-refractivity contribution in [2.75, 3.05) is 6.54 Å². The Balaban J connectivity index is 1.99. The standard InChI is InChI=1S/C13H15Cl2N/c1-9(8-16-11-3-4-11)6-10-2-5-12(14)13(15)7-10/h2,5-7,11,16H,3-4,8H2,1H3. The van der Waals surface area contributed by atoms with Crippen molar-refractivity contribution in [3.05, 3.63) is 39.4 Å². The SMILES string of the molecule is CC(=Cc1ccc(Cl)c(Cl)c1)CNC1CC1. The van der Waals surface area contributed by atoms with Gasteiger partial charge in [0.05, 0.1) is 10.0 Å². The number of halogens is 2. The Labute approximate surface area is 106 Å². The summed E-state index contributed by atoms with van der Waals surface area (Å²) in [5.74, 6) is 0. The van der Waals surface area contributed by atoms with Gasteiger partial charge in [-0.15, -0.1) is 0 Å². The zero-order chi connectivity index (χ0) is 11.5. The second kappa shape index (κ2) is 5.22. The van der Waals surface area contributed by atoms with E-state index in [4.69, 9.17) is 23.2 Å². The van der Waals surface area contributed by atoms with Gasteiger partial charge in [-0.1, -0.05) is 40.9 Å². The number of nitrogens with one attached hydrogen (secondary N) is 1. The molecule has 0 radical (unpaired) electrons. The van der Waals surface area contributed by atoms with Crippen molar-refractivity contribution >= 4 is 29.3 Å². The van der Waals surface area contributed by atoms with E-state index >= 15 is 0 Å². The second-order valence-electron chi connectivity index (χ2n) is 4.32. The van der Waals surface area contributed by atoms with Crippen molar-refractivity contribution in [1.29, 1.82) is 0 Å². The molecule has 0 saturated heterocycles. The van der Waals surface area contributed by atoms with E-state index in [0.717, 1.165) is 18.2 Å². The molecule has 1 aliphatic rings. The summed E-state index contributed by atoms with van der Waals surface area (Å²) in [5.41, 5.74) is 2.41. The normalized spacial score (nSPS) is 16.6. The molecule has 1 saturated carbocycles. The third-order valence-corrected chi connectivity index (χ3v) is 3.34. The summed E-state index contributed by atoms with van der Waals surface area (Å²) in [6, 6.07) is 6.45. The molecule has 0 aliphatic heterocycles. The lowest BCUT2D eigenvalue weighted by molar-refractivity contribution is 0.736. The summed E-state index contributed by atoms with van der Waals surface area (Å²) in [4.78, 5) is 0. The average molecular weight is 256 g/mol. The molecule has 1 nitrogen and oxygen atoms in total. The molecule has 3 heteroatoms. The Morgan fingerprint density at radius 2 is 2.12 bits per heavy atom. The van der Waals surface area contributed by atoms with Crippen molar-refractivity contribution in [2.24, 2.45) is 0 Å². The van der Waals surface area contributed by atoms with Crippen LogP contribution in [0.3, 0.4) is 0 Å². The van der Waals surface area contributed by atoms with Crippen molar-refractivity contribution in [2.45, 2.75) is 25.8 Å². The lowest BCUT2D eigenvalue weighted by atomic mass is 10.1. The third kappa shape index (κ3) is 3.51. The predicted octanol–water partition coefficient (Wildman–Crippen LogP) is 4.15. The van der Waals surface area contributed by atoms with Gasteiger partial charge in [0.25, 0.3) is 0 Å². The molecule has 1 fully saturated rings. The highest BCUT2D eigenvalue weighted by atomic mass is 35.5. The van der Waals surface area contributed by atoms with E-state index in [1.54, 1.807) is 0 Å². The maximum atomic E-state index is 5.96. The minimum absolute atomic E-state index is 0.604. The molecular weight excluding hydrogens is 241 g/mol. The van der Waals surface area contributed by atoms with Crippen LogP contribution >= 0.6 is 23.2 Å². The molecule has 1 aliphatic carbocycles. The first-order chi connectivity index (χ1) is 7.65. The van der Waals surface area contributed by atoms with E-state index in [0.29, 0.717) is 10.0 Å². The average Bonchev–Trinajstić information content (AvgIpc) is 3.04. The van der Waals surface area contributed by atoms with Crippen LogP contribution in [0.5, 0.6) is 0 Å². The van der Waals surface area contributed by atoms with Gasteiger partial charge in [0.15, 0.2) is 0 Å². The molecule has 0 heterocycles. The van der Waals surface area contributed by atoms with E-state index in [1.807, 2.05) is 18.2 Å². The van der Waals surface area contributed by atoms with Gasteiger partial charge >= 0.3 is 0 Å². The Bertz CT molecular complexity index is 408. The van der Waals surface area contributed by atoms with E-state index < -0.39 is 0 Å². The lowest BCUT2D eigenvalue weighted by Gasteiger charge is -2.04. The first kappa shape index (κ1) is 12.0. The Morgan fingerprint density at radius 1 is 1.38 bits per heavy atom. The number of benzene rings is 1. The summed E-state index contributed by atoms with van der Waals surface area (Å²) < 4.78 is 0. The predicted molar refractivity (Wildman–Crippen MR) is 71.1 cm³/mol. The van der Waals surface area contributed by atoms with Crippen molar-refractivity contribution in [3.8, 4) is 0 Å². The van der Waals surface area contributed by atoms with E-state index in [2.05, 4.69) is 18.3 Å². The van der Waals surface area contributed by atoms with Crippen LogP contribution in [0.15, 0.2) is 23.8 Å². The molecule has 0 spiro atoms. The van der Waals surface area contributed by atoms with Gasteiger partial charge in [0.2, 0.25) is 0 Å². The van der Waals surface area contributed by atoms with Gasteiger partial charge in [0.1, 0.15) is 0 Å². The summed E-state index contributed by atoms with van der Waals surface area (Å²) in [6.45, 7) is 3.07. The highest BCUT2D eigenvalue weighted by Gasteiger charge is 2.19. The maximum Gasteiger partial charge on any atom is 0.0598 e. The molecule has 0 aromatic heterocycles. The van der Waals surface area contributed by atoms with Crippen LogP contribution in [0.25, 0.3) is 6.08 Å². The van der Waals surface area contributed by atoms with Crippen LogP contribution in [-0.4, -0.2) is 12.6 Å². The number of hydrogen-bond donors (Lipinski definition) is 1. The van der Waals surface area contributed by atoms with Crippen molar-refractivity contribution in [3.63, 3.8) is 0 Å². The van der Waals surface area contributed by atoms with Crippen LogP contribution in [0.1, 0.15) is 25.3 Å². The molecule has 0 unspecified atom stereocenters. The molecular formula is C13H15Cl2N. The molecule has 0 amide bonds. The molecule has 1 aromatic carbocycles. The maximum absolute atomic E-state index is 5.96. The Kier molecular flexibility index (Phi) is 3.91. The zero-order valence-corrected chi connectivity index (χ0v) is 10.8. The Hall–Kier alpha value is -0.500. The van der Waals surface area contributed by atoms with Crippen LogP contribution in [0.4, 0.5) is 0 Å². The lowest BCUT2D eigenvalue weighted by Crippen LogP contribution is -2.18. The third-order valence-electron chi connectivity index (χ3n) is 2.60. The van der Waals surface area contributed by atoms with E-state index in [1.165, 1.54) is 18.4 Å². The molecule has 1 N–H and O–H groups in total. The molecule has 16 heavy (non-hydrogen) atoms. The summed E-state index contributed by atoms with van der Waals surface area (Å²) in [7, 11) is 0. The smallest absolute Gasteiger partial charge is 0.0598 e. The van der Waals surface area contributed by atoms with E-state index in [-0.39, 0.29) is 0 Å². The van der Waals surface area contributed by atoms with Gasteiger partial charge in [-0.05, 0) is 37.5 Å². The van der Waals surface area contributed by atoms with E-state index in [9.17, 15) is 0 Å². The fourth-order valence-corrected chi connectivity index (χ4v) is 1.84. The van der Waals surface area contributed by atoms with Crippen LogP contribution in [0.2, 0.25) is 10.0 Å². The summed E-state index contributed by atoms with van der Waals surface area (Å²) in [6.07, 6.45) is 4.78. The van der Waals surface area contributed by atoms with Crippen LogP contribution in [-0.2, 0) is 0 Å². The van der Waals surface area contributed by atoms with Crippen molar-refractivity contribution in [1.82, 2.24) is 5.32 Å². The van der Waals surface area contributed by atoms with Gasteiger partial charge in [0, 0.05) is 12.6 Å². The number of rotatable bonds is 4. The summed E-state index contributed by atoms with van der Waals surface area (Å²) in [5, 5.41) is 4.69. The van der Waals surface area contributed by atoms with Crippen LogP contribution < -0.4 is 5.32 Å². The fourth-order valence-electron chi connectivity index (χ4n) is 1.53. The Morgan fingerprint density at radius 3 is 2.75 bits per heavy atom. The van der Waals surface area contributed by atoms with Crippen LogP contribution in [0, 0.1) is 0 Å². The minimum Gasteiger partial charge on any atom is -0.310 e. The molecule has 2 rings (SSSR count). The topological polar surface area (TPSA) is 12.0 Å².